The monoisotopic (exact) mass is 245 g/mol. The first-order chi connectivity index (χ1) is 7.88. The van der Waals surface area contributed by atoms with E-state index in [1.54, 1.807) is 6.92 Å². The van der Waals surface area contributed by atoms with Gasteiger partial charge in [-0.1, -0.05) is 20.3 Å². The third-order valence-electron chi connectivity index (χ3n) is 2.61. The predicted molar refractivity (Wildman–Crippen MR) is 66.0 cm³/mol. The van der Waals surface area contributed by atoms with Crippen molar-refractivity contribution in [3.05, 3.63) is 0 Å². The number of hydrogen-bond acceptors (Lipinski definition) is 3. The molecule has 0 saturated carbocycles. The Morgan fingerprint density at radius 3 is 2.35 bits per heavy atom. The molecular weight excluding hydrogens is 222 g/mol. The van der Waals surface area contributed by atoms with Crippen LogP contribution >= 0.6 is 0 Å². The zero-order chi connectivity index (χ0) is 13.4. The van der Waals surface area contributed by atoms with E-state index in [9.17, 15) is 9.59 Å². The van der Waals surface area contributed by atoms with Gasteiger partial charge in [-0.15, -0.1) is 0 Å². The molecule has 0 rings (SSSR count). The van der Waals surface area contributed by atoms with E-state index in [4.69, 9.17) is 5.11 Å². The summed E-state index contributed by atoms with van der Waals surface area (Å²) in [5.74, 6) is -1.09. The zero-order valence-electron chi connectivity index (χ0n) is 11.0. The molecule has 6 heteroatoms. The largest absolute Gasteiger partial charge is 0.480 e. The van der Waals surface area contributed by atoms with Crippen molar-refractivity contribution in [1.29, 1.82) is 0 Å². The summed E-state index contributed by atoms with van der Waals surface area (Å²) >= 11 is 0. The highest BCUT2D eigenvalue weighted by atomic mass is 16.4. The molecule has 6 nitrogen and oxygen atoms in total. The third kappa shape index (κ3) is 6.78. The first-order valence-corrected chi connectivity index (χ1v) is 5.80. The zero-order valence-corrected chi connectivity index (χ0v) is 11.0. The number of nitrogens with zero attached hydrogens (tertiary/aromatic N) is 1. The maximum Gasteiger partial charge on any atom is 0.326 e. The molecule has 0 heterocycles. The van der Waals surface area contributed by atoms with Crippen LogP contribution in [0.3, 0.4) is 0 Å². The molecule has 100 valence electrons. The van der Waals surface area contributed by atoms with Crippen molar-refractivity contribution >= 4 is 12.0 Å². The van der Waals surface area contributed by atoms with Gasteiger partial charge in [-0.25, -0.2) is 9.59 Å². The molecule has 0 saturated heterocycles. The fraction of sp³-hybridized carbons (Fsp3) is 0.818. The summed E-state index contributed by atoms with van der Waals surface area (Å²) < 4.78 is 0. The number of urea groups is 1. The first kappa shape index (κ1) is 15.7. The van der Waals surface area contributed by atoms with Crippen LogP contribution in [0.2, 0.25) is 0 Å². The van der Waals surface area contributed by atoms with Gasteiger partial charge in [0, 0.05) is 13.1 Å². The van der Waals surface area contributed by atoms with Crippen LogP contribution in [0.15, 0.2) is 0 Å². The fourth-order valence-corrected chi connectivity index (χ4v) is 1.27. The van der Waals surface area contributed by atoms with Gasteiger partial charge in [0.2, 0.25) is 0 Å². The molecule has 0 aromatic carbocycles. The third-order valence-corrected chi connectivity index (χ3v) is 2.61. The van der Waals surface area contributed by atoms with E-state index in [1.807, 2.05) is 25.9 Å². The molecule has 2 amide bonds. The average molecular weight is 245 g/mol. The number of carbonyl (C=O) groups excluding carboxylic acids is 1. The van der Waals surface area contributed by atoms with Crippen molar-refractivity contribution in [3.63, 3.8) is 0 Å². The van der Waals surface area contributed by atoms with E-state index in [2.05, 4.69) is 10.6 Å². The number of nitrogens with one attached hydrogen (secondary N) is 2. The lowest BCUT2D eigenvalue weighted by Crippen LogP contribution is -2.49. The summed E-state index contributed by atoms with van der Waals surface area (Å²) in [6, 6.07) is -1.26. The van der Waals surface area contributed by atoms with Crippen LogP contribution in [0.5, 0.6) is 0 Å². The van der Waals surface area contributed by atoms with Gasteiger partial charge in [0.15, 0.2) is 0 Å². The summed E-state index contributed by atoms with van der Waals surface area (Å²) in [5, 5.41) is 14.1. The van der Waals surface area contributed by atoms with Gasteiger partial charge < -0.3 is 20.6 Å². The van der Waals surface area contributed by atoms with Crippen LogP contribution in [0.25, 0.3) is 0 Å². The number of carboxylic acid groups (broad SMARTS) is 1. The minimum atomic E-state index is -0.998. The minimum Gasteiger partial charge on any atom is -0.480 e. The van der Waals surface area contributed by atoms with Crippen LogP contribution in [-0.2, 0) is 4.79 Å². The molecule has 2 atom stereocenters. The number of aliphatic carboxylic acids is 1. The van der Waals surface area contributed by atoms with Crippen molar-refractivity contribution < 1.29 is 14.7 Å². The molecule has 0 aliphatic carbocycles. The summed E-state index contributed by atoms with van der Waals surface area (Å²) in [6.45, 7) is 4.91. The highest BCUT2D eigenvalue weighted by molar-refractivity contribution is 5.82. The Hall–Kier alpha value is -1.30. The molecule has 0 bridgehead atoms. The Balaban J connectivity index is 4.09. The Bertz CT molecular complexity index is 256. The van der Waals surface area contributed by atoms with Gasteiger partial charge in [0.25, 0.3) is 0 Å². The van der Waals surface area contributed by atoms with Gasteiger partial charge in [0.1, 0.15) is 6.04 Å². The molecule has 0 aromatic rings. The van der Waals surface area contributed by atoms with E-state index in [1.165, 1.54) is 0 Å². The normalized spacial score (nSPS) is 14.2. The molecule has 0 aliphatic heterocycles. The summed E-state index contributed by atoms with van der Waals surface area (Å²) in [7, 11) is 3.80. The summed E-state index contributed by atoms with van der Waals surface area (Å²) in [4.78, 5) is 24.4. The van der Waals surface area contributed by atoms with Crippen LogP contribution in [0, 0.1) is 5.92 Å². The van der Waals surface area contributed by atoms with Gasteiger partial charge in [-0.3, -0.25) is 0 Å². The quantitative estimate of drug-likeness (QED) is 0.604. The second-order valence-electron chi connectivity index (χ2n) is 4.40. The Morgan fingerprint density at radius 1 is 1.35 bits per heavy atom. The van der Waals surface area contributed by atoms with Crippen molar-refractivity contribution in [2.45, 2.75) is 26.3 Å². The molecule has 0 unspecified atom stereocenters. The number of likely N-dealkylation sites (N-methyl/N-ethyl adjacent to an activating group) is 1. The predicted octanol–water partition coefficient (Wildman–Crippen LogP) is 0.347. The van der Waals surface area contributed by atoms with Gasteiger partial charge in [0.05, 0.1) is 0 Å². The molecular formula is C11H23N3O3. The van der Waals surface area contributed by atoms with Crippen LogP contribution in [-0.4, -0.2) is 55.2 Å². The van der Waals surface area contributed by atoms with Crippen LogP contribution in [0.1, 0.15) is 20.3 Å². The number of hydrogen-bond donors (Lipinski definition) is 3. The lowest BCUT2D eigenvalue weighted by atomic mass is 9.99. The van der Waals surface area contributed by atoms with Crippen LogP contribution < -0.4 is 10.6 Å². The Kier molecular flexibility index (Phi) is 7.29. The number of rotatable bonds is 7. The number of carboxylic acids is 1. The highest BCUT2D eigenvalue weighted by Gasteiger charge is 2.24. The maximum absolute atomic E-state index is 11.5. The number of amides is 2. The van der Waals surface area contributed by atoms with Gasteiger partial charge in [-0.2, -0.15) is 0 Å². The molecule has 0 spiro atoms. The highest BCUT2D eigenvalue weighted by Crippen LogP contribution is 2.07. The second kappa shape index (κ2) is 7.89. The lowest BCUT2D eigenvalue weighted by Gasteiger charge is -2.20. The average Bonchev–Trinajstić information content (AvgIpc) is 2.24. The molecule has 17 heavy (non-hydrogen) atoms. The lowest BCUT2D eigenvalue weighted by molar-refractivity contribution is -0.140. The SMILES string of the molecule is CC[C@H](C)[C@H](NC(=O)NCCN(C)C)C(=O)O. The Labute approximate surface area is 102 Å². The van der Waals surface area contributed by atoms with Crippen molar-refractivity contribution in [2.75, 3.05) is 27.2 Å². The van der Waals surface area contributed by atoms with Gasteiger partial charge in [-0.05, 0) is 20.0 Å². The van der Waals surface area contributed by atoms with Gasteiger partial charge >= 0.3 is 12.0 Å². The number of carbonyl (C=O) groups is 2. The second-order valence-corrected chi connectivity index (χ2v) is 4.40. The van der Waals surface area contributed by atoms with E-state index in [0.29, 0.717) is 19.5 Å². The van der Waals surface area contributed by atoms with Crippen molar-refractivity contribution in [1.82, 2.24) is 15.5 Å². The molecule has 3 N–H and O–H groups in total. The summed E-state index contributed by atoms with van der Waals surface area (Å²) in [6.07, 6.45) is 0.703. The smallest absolute Gasteiger partial charge is 0.326 e. The maximum atomic E-state index is 11.5. The van der Waals surface area contributed by atoms with Crippen LogP contribution in [0.4, 0.5) is 4.79 Å². The molecule has 0 radical (unpaired) electrons. The van der Waals surface area contributed by atoms with E-state index < -0.39 is 18.0 Å². The van der Waals surface area contributed by atoms with Crippen molar-refractivity contribution in [3.8, 4) is 0 Å². The first-order valence-electron chi connectivity index (χ1n) is 5.80. The standard InChI is InChI=1S/C11H23N3O3/c1-5-8(2)9(10(15)16)13-11(17)12-6-7-14(3)4/h8-9H,5-7H2,1-4H3,(H,15,16)(H2,12,13,17)/t8-,9-/m0/s1. The van der Waals surface area contributed by atoms with E-state index >= 15 is 0 Å². The Morgan fingerprint density at radius 2 is 1.94 bits per heavy atom. The molecule has 0 aromatic heterocycles. The van der Waals surface area contributed by atoms with Crippen molar-refractivity contribution in [2.24, 2.45) is 5.92 Å². The van der Waals surface area contributed by atoms with E-state index in [-0.39, 0.29) is 5.92 Å². The summed E-state index contributed by atoms with van der Waals surface area (Å²) in [5.41, 5.74) is 0. The fourth-order valence-electron chi connectivity index (χ4n) is 1.27. The minimum absolute atomic E-state index is 0.0906. The molecule has 0 fully saturated rings. The molecule has 0 aliphatic rings. The van der Waals surface area contributed by atoms with E-state index in [0.717, 1.165) is 0 Å². The topological polar surface area (TPSA) is 81.7 Å².